The molecule has 2 aliphatic rings. The summed E-state index contributed by atoms with van der Waals surface area (Å²) in [7, 11) is 2.13. The van der Waals surface area contributed by atoms with Gasteiger partial charge in [-0.1, -0.05) is 19.1 Å². The van der Waals surface area contributed by atoms with Crippen molar-refractivity contribution in [2.75, 3.05) is 43.4 Å². The zero-order valence-electron chi connectivity index (χ0n) is 19.5. The highest BCUT2D eigenvalue weighted by molar-refractivity contribution is 7.99. The molecule has 0 radical (unpaired) electrons. The Labute approximate surface area is 208 Å². The lowest BCUT2D eigenvalue weighted by Gasteiger charge is -2.32. The summed E-state index contributed by atoms with van der Waals surface area (Å²) in [6.07, 6.45) is 5.47. The van der Waals surface area contributed by atoms with Gasteiger partial charge in [-0.05, 0) is 55.8 Å². The molecule has 0 amide bonds. The van der Waals surface area contributed by atoms with Crippen LogP contribution in [0.1, 0.15) is 30.2 Å². The molecule has 2 fully saturated rings. The maximum absolute atomic E-state index is 12.1. The Morgan fingerprint density at radius 1 is 1.12 bits per heavy atom. The first kappa shape index (κ1) is 23.2. The highest BCUT2D eigenvalue weighted by atomic mass is 32.2. The zero-order valence-corrected chi connectivity index (χ0v) is 21.2. The maximum atomic E-state index is 12.1. The van der Waals surface area contributed by atoms with Crippen molar-refractivity contribution in [2.45, 2.75) is 42.7 Å². The number of anilines is 3. The molecule has 0 atom stereocenters. The topological polar surface area (TPSA) is 87.1 Å². The number of piperazine rings is 1. The molecule has 178 valence electrons. The number of thiazole rings is 1. The van der Waals surface area contributed by atoms with Crippen molar-refractivity contribution in [1.29, 1.82) is 0 Å². The van der Waals surface area contributed by atoms with Crippen LogP contribution < -0.4 is 10.2 Å². The van der Waals surface area contributed by atoms with Crippen LogP contribution in [0.5, 0.6) is 0 Å². The Morgan fingerprint density at radius 3 is 2.56 bits per heavy atom. The van der Waals surface area contributed by atoms with Crippen molar-refractivity contribution < 1.29 is 4.79 Å². The van der Waals surface area contributed by atoms with Crippen LogP contribution in [0.2, 0.25) is 0 Å². The van der Waals surface area contributed by atoms with Gasteiger partial charge >= 0.3 is 0 Å². The van der Waals surface area contributed by atoms with E-state index in [1.165, 1.54) is 16.6 Å². The Balaban J connectivity index is 1.35. The number of nitrogens with one attached hydrogen (secondary N) is 1. The number of nitrogens with zero attached hydrogens (tertiary/aromatic N) is 6. The van der Waals surface area contributed by atoms with Gasteiger partial charge < -0.3 is 9.80 Å². The van der Waals surface area contributed by atoms with Crippen molar-refractivity contribution in [3.63, 3.8) is 0 Å². The van der Waals surface area contributed by atoms with Crippen LogP contribution in [0.25, 0.3) is 0 Å². The summed E-state index contributed by atoms with van der Waals surface area (Å²) in [6.45, 7) is 5.83. The number of rotatable bonds is 9. The number of aryl methyl sites for hydroxylation is 1. The Bertz CT molecular complexity index is 1140. The maximum Gasteiger partial charge on any atom is 0.234 e. The van der Waals surface area contributed by atoms with E-state index in [1.54, 1.807) is 11.3 Å². The summed E-state index contributed by atoms with van der Waals surface area (Å²) in [6, 6.07) is 8.15. The van der Waals surface area contributed by atoms with E-state index in [1.807, 2.05) is 30.5 Å². The fourth-order valence-electron chi connectivity index (χ4n) is 3.75. The van der Waals surface area contributed by atoms with Crippen LogP contribution in [0.3, 0.4) is 0 Å². The summed E-state index contributed by atoms with van der Waals surface area (Å²) in [4.78, 5) is 37.5. The average Bonchev–Trinajstić information content (AvgIpc) is 3.60. The number of aromatic nitrogens is 4. The first-order chi connectivity index (χ1) is 16.6. The number of carbonyl (C=O) groups is 1. The first-order valence-electron chi connectivity index (χ1n) is 11.8. The number of hydrogen-bond donors (Lipinski definition) is 1. The predicted molar refractivity (Wildman–Crippen MR) is 136 cm³/mol. The van der Waals surface area contributed by atoms with Gasteiger partial charge in [0.05, 0.1) is 0 Å². The molecule has 1 N–H and O–H groups in total. The normalized spacial score (nSPS) is 16.6. The van der Waals surface area contributed by atoms with Crippen molar-refractivity contribution >= 4 is 45.9 Å². The lowest BCUT2D eigenvalue weighted by molar-refractivity contribution is -0.119. The molecule has 1 aliphatic carbocycles. The molecule has 1 saturated carbocycles. The van der Waals surface area contributed by atoms with Crippen LogP contribution in [0, 0.1) is 5.92 Å². The standard InChI is InChI=1S/C24H29N7OS2/c1-3-18-15-25-23(33-18)27-21-26-22(31-12-10-30(2)11-13-31)29-24(28-21)34-19-8-4-16(5-9-19)14-20(32)17-6-7-17/h4-5,8-9,15,17H,3,6-7,10-14H2,1-2H3,(H,25,26,27,28,29). The molecule has 0 bridgehead atoms. The molecule has 2 aromatic heterocycles. The number of Topliss-reactive ketones (excluding diaryl/α,β-unsaturated/α-hetero) is 1. The summed E-state index contributed by atoms with van der Waals surface area (Å²) >= 11 is 3.12. The largest absolute Gasteiger partial charge is 0.338 e. The van der Waals surface area contributed by atoms with Gasteiger partial charge in [-0.15, -0.1) is 11.3 Å². The van der Waals surface area contributed by atoms with E-state index in [0.29, 0.717) is 35.2 Å². The second-order valence-electron chi connectivity index (χ2n) is 8.81. The van der Waals surface area contributed by atoms with Crippen LogP contribution >= 0.6 is 23.1 Å². The third-order valence-electron chi connectivity index (χ3n) is 6.05. The van der Waals surface area contributed by atoms with E-state index in [0.717, 1.165) is 61.0 Å². The van der Waals surface area contributed by atoms with Gasteiger partial charge in [0.25, 0.3) is 0 Å². The predicted octanol–water partition coefficient (Wildman–Crippen LogP) is 4.06. The van der Waals surface area contributed by atoms with Gasteiger partial charge in [-0.25, -0.2) is 4.98 Å². The minimum absolute atomic E-state index is 0.296. The molecule has 1 aliphatic heterocycles. The fourth-order valence-corrected chi connectivity index (χ4v) is 5.24. The molecule has 0 unspecified atom stereocenters. The summed E-state index contributed by atoms with van der Waals surface area (Å²) in [5.74, 6) is 1.85. The smallest absolute Gasteiger partial charge is 0.234 e. The number of ketones is 1. The van der Waals surface area contributed by atoms with Crippen LogP contribution in [0.4, 0.5) is 17.0 Å². The molecule has 1 saturated heterocycles. The van der Waals surface area contributed by atoms with Crippen molar-refractivity contribution in [3.05, 3.63) is 40.9 Å². The van der Waals surface area contributed by atoms with Gasteiger partial charge in [0.1, 0.15) is 5.78 Å². The molecular weight excluding hydrogens is 466 g/mol. The van der Waals surface area contributed by atoms with E-state index in [9.17, 15) is 4.79 Å². The van der Waals surface area contributed by atoms with Gasteiger partial charge in [-0.2, -0.15) is 15.0 Å². The Kier molecular flexibility index (Phi) is 7.07. The van der Waals surface area contributed by atoms with Crippen molar-refractivity contribution in [1.82, 2.24) is 24.8 Å². The fraction of sp³-hybridized carbons (Fsp3) is 0.458. The lowest BCUT2D eigenvalue weighted by atomic mass is 10.1. The molecule has 8 nitrogen and oxygen atoms in total. The highest BCUT2D eigenvalue weighted by Crippen LogP contribution is 2.32. The minimum Gasteiger partial charge on any atom is -0.338 e. The van der Waals surface area contributed by atoms with E-state index < -0.39 is 0 Å². The molecule has 10 heteroatoms. The summed E-state index contributed by atoms with van der Waals surface area (Å²) in [5, 5.41) is 4.70. The van der Waals surface area contributed by atoms with E-state index in [2.05, 4.69) is 39.1 Å². The van der Waals surface area contributed by atoms with Gasteiger partial charge in [0, 0.05) is 54.5 Å². The summed E-state index contributed by atoms with van der Waals surface area (Å²) < 4.78 is 0. The van der Waals surface area contributed by atoms with Crippen molar-refractivity contribution in [3.8, 4) is 0 Å². The Hall–Kier alpha value is -2.56. The second-order valence-corrected chi connectivity index (χ2v) is 11.0. The lowest BCUT2D eigenvalue weighted by Crippen LogP contribution is -2.45. The Morgan fingerprint density at radius 2 is 1.88 bits per heavy atom. The van der Waals surface area contributed by atoms with Crippen LogP contribution in [0.15, 0.2) is 40.5 Å². The number of likely N-dealkylation sites (N-methyl/N-ethyl adjacent to an activating group) is 1. The van der Waals surface area contributed by atoms with Gasteiger partial charge in [0.2, 0.25) is 11.9 Å². The quantitative estimate of drug-likeness (QED) is 0.472. The number of carbonyl (C=O) groups excluding carboxylic acids is 1. The molecule has 3 aromatic rings. The van der Waals surface area contributed by atoms with Gasteiger partial charge in [0.15, 0.2) is 10.3 Å². The second kappa shape index (κ2) is 10.4. The average molecular weight is 496 g/mol. The molecule has 0 spiro atoms. The zero-order chi connectivity index (χ0) is 23.5. The minimum atomic E-state index is 0.296. The first-order valence-corrected chi connectivity index (χ1v) is 13.4. The van der Waals surface area contributed by atoms with E-state index in [-0.39, 0.29) is 0 Å². The molecule has 34 heavy (non-hydrogen) atoms. The molecular formula is C24H29N7OS2. The van der Waals surface area contributed by atoms with E-state index >= 15 is 0 Å². The highest BCUT2D eigenvalue weighted by Gasteiger charge is 2.29. The monoisotopic (exact) mass is 495 g/mol. The number of benzene rings is 1. The third kappa shape index (κ3) is 5.92. The molecule has 5 rings (SSSR count). The third-order valence-corrected chi connectivity index (χ3v) is 7.98. The molecule has 1 aromatic carbocycles. The van der Waals surface area contributed by atoms with E-state index in [4.69, 9.17) is 9.97 Å². The molecule has 3 heterocycles. The van der Waals surface area contributed by atoms with Crippen LogP contribution in [-0.4, -0.2) is 63.8 Å². The SMILES string of the molecule is CCc1cnc(Nc2nc(Sc3ccc(CC(=O)C4CC4)cc3)nc(N3CCN(C)CC3)n2)s1. The van der Waals surface area contributed by atoms with Crippen molar-refractivity contribution in [2.24, 2.45) is 5.92 Å². The van der Waals surface area contributed by atoms with Gasteiger partial charge in [-0.3, -0.25) is 10.1 Å². The number of hydrogen-bond acceptors (Lipinski definition) is 10. The van der Waals surface area contributed by atoms with Crippen LogP contribution in [-0.2, 0) is 17.6 Å². The summed E-state index contributed by atoms with van der Waals surface area (Å²) in [5.41, 5.74) is 1.06.